The highest BCUT2D eigenvalue weighted by molar-refractivity contribution is 7.71. The molecule has 2 N–H and O–H groups in total. The molecule has 0 saturated carbocycles. The maximum atomic E-state index is 13.0. The van der Waals surface area contributed by atoms with Crippen LogP contribution in [0.2, 0.25) is 0 Å². The summed E-state index contributed by atoms with van der Waals surface area (Å²) in [5.74, 6) is 0.646. The lowest BCUT2D eigenvalue weighted by molar-refractivity contribution is -0.116. The lowest BCUT2D eigenvalue weighted by Crippen LogP contribution is -2.25. The number of aryl methyl sites for hydroxylation is 1. The van der Waals surface area contributed by atoms with Crippen LogP contribution >= 0.6 is 12.2 Å². The van der Waals surface area contributed by atoms with Crippen LogP contribution in [0.3, 0.4) is 0 Å². The molecule has 0 aliphatic rings. The van der Waals surface area contributed by atoms with E-state index in [-0.39, 0.29) is 23.9 Å². The van der Waals surface area contributed by atoms with Gasteiger partial charge in [0.15, 0.2) is 22.1 Å². The number of nitrogens with one attached hydrogen (secondary N) is 2. The van der Waals surface area contributed by atoms with Gasteiger partial charge in [0, 0.05) is 25.7 Å². The number of benzene rings is 2. The molecule has 1 heterocycles. The first-order valence-electron chi connectivity index (χ1n) is 9.75. The van der Waals surface area contributed by atoms with Crippen molar-refractivity contribution < 1.29 is 19.1 Å². The van der Waals surface area contributed by atoms with E-state index in [1.807, 2.05) is 31.2 Å². The number of hydrogen-bond donors (Lipinski definition) is 2. The Balaban J connectivity index is 1.93. The minimum Gasteiger partial charge on any atom is -0.493 e. The summed E-state index contributed by atoms with van der Waals surface area (Å²) in [5, 5.41) is 9.79. The number of aromatic amines is 1. The van der Waals surface area contributed by atoms with Crippen LogP contribution in [-0.2, 0) is 11.3 Å². The summed E-state index contributed by atoms with van der Waals surface area (Å²) in [7, 11) is 6.22. The minimum atomic E-state index is -0.379. The quantitative estimate of drug-likeness (QED) is 0.530. The molecule has 0 spiro atoms. The van der Waals surface area contributed by atoms with E-state index in [1.54, 1.807) is 24.7 Å². The first kappa shape index (κ1) is 23.0. The van der Waals surface area contributed by atoms with Crippen molar-refractivity contribution in [1.29, 1.82) is 0 Å². The first-order valence-corrected chi connectivity index (χ1v) is 10.2. The predicted octanol–water partition coefficient (Wildman–Crippen LogP) is 3.27. The number of rotatable bonds is 7. The van der Waals surface area contributed by atoms with Gasteiger partial charge in [0.1, 0.15) is 6.54 Å². The van der Waals surface area contributed by atoms with Gasteiger partial charge in [-0.1, -0.05) is 29.8 Å². The van der Waals surface area contributed by atoms with Crippen molar-refractivity contribution in [2.24, 2.45) is 0 Å². The van der Waals surface area contributed by atoms with Crippen molar-refractivity contribution in [3.8, 4) is 22.9 Å². The zero-order chi connectivity index (χ0) is 23.4. The Morgan fingerprint density at radius 3 is 2.34 bits per heavy atom. The summed E-state index contributed by atoms with van der Waals surface area (Å²) in [4.78, 5) is 27.1. The number of anilines is 1. The molecule has 0 atom stereocenters. The van der Waals surface area contributed by atoms with Gasteiger partial charge in [0.05, 0.1) is 25.5 Å². The highest BCUT2D eigenvalue weighted by atomic mass is 32.1. The monoisotopic (exact) mass is 455 g/mol. The molecule has 3 aromatic rings. The summed E-state index contributed by atoms with van der Waals surface area (Å²) in [6, 6.07) is 10.8. The molecule has 0 bridgehead atoms. The topological polar surface area (TPSA) is 101 Å². The molecule has 168 valence electrons. The number of methoxy groups -OCH3 is 2. The molecule has 0 aliphatic heterocycles. The zero-order valence-electron chi connectivity index (χ0n) is 18.6. The van der Waals surface area contributed by atoms with Crippen molar-refractivity contribution in [3.63, 3.8) is 0 Å². The van der Waals surface area contributed by atoms with E-state index in [0.29, 0.717) is 27.8 Å². The molecular weight excluding hydrogens is 430 g/mol. The molecule has 1 aromatic heterocycles. The van der Waals surface area contributed by atoms with Gasteiger partial charge in [0.2, 0.25) is 5.91 Å². The van der Waals surface area contributed by atoms with Crippen molar-refractivity contribution >= 4 is 29.7 Å². The fraction of sp³-hybridized carbons (Fsp3) is 0.273. The van der Waals surface area contributed by atoms with Gasteiger partial charge in [-0.15, -0.1) is 0 Å². The summed E-state index contributed by atoms with van der Waals surface area (Å²) >= 11 is 5.32. The normalized spacial score (nSPS) is 10.5. The van der Waals surface area contributed by atoms with Crippen LogP contribution in [0.5, 0.6) is 11.5 Å². The van der Waals surface area contributed by atoms with Crippen LogP contribution in [0.15, 0.2) is 36.4 Å². The van der Waals surface area contributed by atoms with Crippen molar-refractivity contribution in [1.82, 2.24) is 19.7 Å². The third kappa shape index (κ3) is 4.80. The Bertz CT molecular complexity index is 1200. The number of aromatic nitrogens is 3. The molecular formula is C22H25N5O4S. The average Bonchev–Trinajstić information content (AvgIpc) is 3.13. The van der Waals surface area contributed by atoms with E-state index in [0.717, 1.165) is 11.1 Å². The van der Waals surface area contributed by atoms with Crippen molar-refractivity contribution in [2.75, 3.05) is 33.6 Å². The Kier molecular flexibility index (Phi) is 6.94. The maximum Gasteiger partial charge on any atom is 0.255 e. The molecule has 0 unspecified atom stereocenters. The largest absolute Gasteiger partial charge is 0.493 e. The molecule has 9 nitrogen and oxygen atoms in total. The van der Waals surface area contributed by atoms with E-state index >= 15 is 0 Å². The molecule has 32 heavy (non-hydrogen) atoms. The lowest BCUT2D eigenvalue weighted by atomic mass is 10.1. The number of carbonyl (C=O) groups excluding carboxylic acids is 2. The van der Waals surface area contributed by atoms with Gasteiger partial charge >= 0.3 is 0 Å². The second kappa shape index (κ2) is 9.65. The van der Waals surface area contributed by atoms with Gasteiger partial charge in [0.25, 0.3) is 5.91 Å². The molecule has 0 aliphatic carbocycles. The number of amides is 2. The molecule has 3 rings (SSSR count). The second-order valence-corrected chi connectivity index (χ2v) is 7.69. The molecule has 2 aromatic carbocycles. The van der Waals surface area contributed by atoms with E-state index in [9.17, 15) is 9.59 Å². The Labute approximate surface area is 191 Å². The number of H-pyrrole nitrogens is 1. The van der Waals surface area contributed by atoms with Crippen LogP contribution < -0.4 is 14.8 Å². The fourth-order valence-corrected chi connectivity index (χ4v) is 3.32. The van der Waals surface area contributed by atoms with Gasteiger partial charge in [-0.05, 0) is 25.2 Å². The number of ether oxygens (including phenoxy) is 2. The first-order chi connectivity index (χ1) is 15.2. The molecule has 10 heteroatoms. The molecule has 0 saturated heterocycles. The number of hydrogen-bond acceptors (Lipinski definition) is 6. The summed E-state index contributed by atoms with van der Waals surface area (Å²) < 4.78 is 12.5. The summed E-state index contributed by atoms with van der Waals surface area (Å²) in [6.07, 6.45) is 0. The smallest absolute Gasteiger partial charge is 0.255 e. The predicted molar refractivity (Wildman–Crippen MR) is 124 cm³/mol. The zero-order valence-corrected chi connectivity index (χ0v) is 19.4. The van der Waals surface area contributed by atoms with Crippen LogP contribution in [0.1, 0.15) is 15.9 Å². The number of carbonyl (C=O) groups is 2. The Morgan fingerprint density at radius 2 is 1.75 bits per heavy atom. The van der Waals surface area contributed by atoms with Gasteiger partial charge in [-0.3, -0.25) is 19.3 Å². The van der Waals surface area contributed by atoms with Crippen LogP contribution in [-0.4, -0.2) is 59.8 Å². The Hall–Kier alpha value is -3.66. The highest BCUT2D eigenvalue weighted by Crippen LogP contribution is 2.34. The summed E-state index contributed by atoms with van der Waals surface area (Å²) in [5.41, 5.74) is 2.51. The van der Waals surface area contributed by atoms with Gasteiger partial charge < -0.3 is 19.7 Å². The third-order valence-electron chi connectivity index (χ3n) is 4.80. The SMILES string of the molecule is COc1cc(NC(=O)Cn2c(-c3ccc(C)cc3)n[nH]c2=S)c(C(=O)N(C)C)cc1OC. The van der Waals surface area contributed by atoms with Crippen LogP contribution in [0, 0.1) is 11.7 Å². The highest BCUT2D eigenvalue weighted by Gasteiger charge is 2.21. The van der Waals surface area contributed by atoms with Crippen LogP contribution in [0.4, 0.5) is 5.69 Å². The third-order valence-corrected chi connectivity index (χ3v) is 5.12. The molecule has 0 fully saturated rings. The Morgan fingerprint density at radius 1 is 1.12 bits per heavy atom. The summed E-state index contributed by atoms with van der Waals surface area (Å²) in [6.45, 7) is 1.90. The van der Waals surface area contributed by atoms with E-state index in [1.165, 1.54) is 25.2 Å². The molecule has 0 radical (unpaired) electrons. The standard InChI is InChI=1S/C22H25N5O4S/c1-13-6-8-14(9-7-13)20-24-25-22(32)27(20)12-19(28)23-16-11-18(31-5)17(30-4)10-15(16)21(29)26(2)3/h6-11H,12H2,1-5H3,(H,23,28)(H,25,32). The van der Waals surface area contributed by atoms with E-state index in [4.69, 9.17) is 21.7 Å². The van der Waals surface area contributed by atoms with Crippen molar-refractivity contribution in [3.05, 3.63) is 52.3 Å². The average molecular weight is 456 g/mol. The fourth-order valence-electron chi connectivity index (χ4n) is 3.12. The van der Waals surface area contributed by atoms with Crippen molar-refractivity contribution in [2.45, 2.75) is 13.5 Å². The van der Waals surface area contributed by atoms with E-state index < -0.39 is 0 Å². The number of nitrogens with zero attached hydrogens (tertiary/aromatic N) is 3. The molecule has 2 amide bonds. The maximum absolute atomic E-state index is 13.0. The van der Waals surface area contributed by atoms with E-state index in [2.05, 4.69) is 15.5 Å². The minimum absolute atomic E-state index is 0.0948. The van der Waals surface area contributed by atoms with Crippen LogP contribution in [0.25, 0.3) is 11.4 Å². The van der Waals surface area contributed by atoms with Gasteiger partial charge in [-0.25, -0.2) is 0 Å². The second-order valence-electron chi connectivity index (χ2n) is 7.31. The lowest BCUT2D eigenvalue weighted by Gasteiger charge is -2.18. The van der Waals surface area contributed by atoms with Gasteiger partial charge in [-0.2, -0.15) is 5.10 Å².